The zero-order valence-electron chi connectivity index (χ0n) is 10.3. The Labute approximate surface area is 117 Å². The molecule has 0 radical (unpaired) electrons. The molecule has 0 amide bonds. The highest BCUT2D eigenvalue weighted by Crippen LogP contribution is 2.26. The Bertz CT molecular complexity index is 544. The van der Waals surface area contributed by atoms with Crippen LogP contribution in [-0.2, 0) is 6.61 Å². The van der Waals surface area contributed by atoms with Crippen LogP contribution in [0, 0.1) is 13.8 Å². The molecule has 0 saturated carbocycles. The number of benzene rings is 2. The molecule has 2 aromatic rings. The second-order valence-corrected chi connectivity index (χ2v) is 5.09. The van der Waals surface area contributed by atoms with Crippen molar-refractivity contribution in [2.45, 2.75) is 20.5 Å². The number of aryl methyl sites for hydroxylation is 2. The molecule has 0 unspecified atom stereocenters. The number of para-hydroxylation sites is 1. The van der Waals surface area contributed by atoms with Gasteiger partial charge in [-0.3, -0.25) is 0 Å². The predicted octanol–water partition coefficient (Wildman–Crippen LogP) is 5.19. The highest BCUT2D eigenvalue weighted by Gasteiger charge is 2.06. The molecule has 0 fully saturated rings. The molecule has 94 valence electrons. The molecule has 3 heteroatoms. The number of hydrogen-bond donors (Lipinski definition) is 0. The highest BCUT2D eigenvalue weighted by molar-refractivity contribution is 6.33. The number of ether oxygens (including phenoxy) is 1. The Morgan fingerprint density at radius 1 is 1.00 bits per heavy atom. The second kappa shape index (κ2) is 5.64. The quantitative estimate of drug-likeness (QED) is 0.752. The fourth-order valence-electron chi connectivity index (χ4n) is 1.83. The Balaban J connectivity index is 2.19. The molecule has 0 aliphatic heterocycles. The van der Waals surface area contributed by atoms with Gasteiger partial charge in [-0.15, -0.1) is 0 Å². The maximum atomic E-state index is 6.10. The first-order chi connectivity index (χ1) is 8.58. The predicted molar refractivity (Wildman–Crippen MR) is 76.7 cm³/mol. The van der Waals surface area contributed by atoms with Crippen molar-refractivity contribution in [2.75, 3.05) is 0 Å². The number of hydrogen-bond acceptors (Lipinski definition) is 1. The van der Waals surface area contributed by atoms with Crippen LogP contribution in [0.3, 0.4) is 0 Å². The third-order valence-electron chi connectivity index (χ3n) is 2.79. The summed E-state index contributed by atoms with van der Waals surface area (Å²) in [6.45, 7) is 4.48. The summed E-state index contributed by atoms with van der Waals surface area (Å²) in [5, 5.41) is 1.34. The summed E-state index contributed by atoms with van der Waals surface area (Å²) in [7, 11) is 0. The molecular weight excluding hydrogens is 267 g/mol. The SMILES string of the molecule is Cc1cccc(C)c1OCc1cc(Cl)ccc1Cl. The molecule has 1 nitrogen and oxygen atoms in total. The number of rotatable bonds is 3. The summed E-state index contributed by atoms with van der Waals surface area (Å²) >= 11 is 12.1. The van der Waals surface area contributed by atoms with Gasteiger partial charge >= 0.3 is 0 Å². The van der Waals surface area contributed by atoms with E-state index >= 15 is 0 Å². The van der Waals surface area contributed by atoms with Gasteiger partial charge in [-0.1, -0.05) is 41.4 Å². The van der Waals surface area contributed by atoms with Gasteiger partial charge in [0.1, 0.15) is 12.4 Å². The molecule has 0 N–H and O–H groups in total. The van der Waals surface area contributed by atoms with Crippen molar-refractivity contribution in [3.05, 3.63) is 63.1 Å². The molecule has 0 saturated heterocycles. The molecule has 2 aromatic carbocycles. The maximum Gasteiger partial charge on any atom is 0.125 e. The lowest BCUT2D eigenvalue weighted by atomic mass is 10.1. The van der Waals surface area contributed by atoms with Crippen LogP contribution in [0.5, 0.6) is 5.75 Å². The Morgan fingerprint density at radius 2 is 1.67 bits per heavy atom. The van der Waals surface area contributed by atoms with Crippen molar-refractivity contribution in [3.8, 4) is 5.75 Å². The van der Waals surface area contributed by atoms with E-state index in [2.05, 4.69) is 0 Å². The van der Waals surface area contributed by atoms with E-state index in [0.717, 1.165) is 22.4 Å². The average Bonchev–Trinajstić information content (AvgIpc) is 2.33. The zero-order chi connectivity index (χ0) is 13.1. The number of halogens is 2. The highest BCUT2D eigenvalue weighted by atomic mass is 35.5. The summed E-state index contributed by atoms with van der Waals surface area (Å²) in [4.78, 5) is 0. The van der Waals surface area contributed by atoms with E-state index in [9.17, 15) is 0 Å². The molecular formula is C15H14Cl2O. The third-order valence-corrected chi connectivity index (χ3v) is 3.39. The van der Waals surface area contributed by atoms with Crippen LogP contribution < -0.4 is 4.74 Å². The first-order valence-corrected chi connectivity index (χ1v) is 6.46. The molecule has 18 heavy (non-hydrogen) atoms. The van der Waals surface area contributed by atoms with Gasteiger partial charge < -0.3 is 4.74 Å². The van der Waals surface area contributed by atoms with Crippen molar-refractivity contribution >= 4 is 23.2 Å². The second-order valence-electron chi connectivity index (χ2n) is 4.25. The fraction of sp³-hybridized carbons (Fsp3) is 0.200. The van der Waals surface area contributed by atoms with Crippen LogP contribution in [-0.4, -0.2) is 0 Å². The monoisotopic (exact) mass is 280 g/mol. The van der Waals surface area contributed by atoms with E-state index in [4.69, 9.17) is 27.9 Å². The van der Waals surface area contributed by atoms with Gasteiger partial charge in [-0.05, 0) is 43.2 Å². The average molecular weight is 281 g/mol. The van der Waals surface area contributed by atoms with Crippen molar-refractivity contribution in [3.63, 3.8) is 0 Å². The molecule has 0 spiro atoms. The zero-order valence-corrected chi connectivity index (χ0v) is 11.8. The summed E-state index contributed by atoms with van der Waals surface area (Å²) in [6, 6.07) is 11.5. The normalized spacial score (nSPS) is 10.4. The standard InChI is InChI=1S/C15H14Cl2O/c1-10-4-3-5-11(2)15(10)18-9-12-8-13(16)6-7-14(12)17/h3-8H,9H2,1-2H3. The van der Waals surface area contributed by atoms with Crippen molar-refractivity contribution in [2.24, 2.45) is 0 Å². The van der Waals surface area contributed by atoms with Crippen molar-refractivity contribution in [1.82, 2.24) is 0 Å². The van der Waals surface area contributed by atoms with E-state index in [1.807, 2.05) is 38.1 Å². The summed E-state index contributed by atoms with van der Waals surface area (Å²) < 4.78 is 5.85. The molecule has 0 aliphatic rings. The third kappa shape index (κ3) is 2.98. The van der Waals surface area contributed by atoms with Gasteiger partial charge in [0.15, 0.2) is 0 Å². The largest absolute Gasteiger partial charge is 0.488 e. The van der Waals surface area contributed by atoms with E-state index in [0.29, 0.717) is 16.7 Å². The Morgan fingerprint density at radius 3 is 2.33 bits per heavy atom. The lowest BCUT2D eigenvalue weighted by Gasteiger charge is -2.12. The van der Waals surface area contributed by atoms with Crippen molar-refractivity contribution in [1.29, 1.82) is 0 Å². The first kappa shape index (κ1) is 13.3. The van der Waals surface area contributed by atoms with Gasteiger partial charge in [-0.25, -0.2) is 0 Å². The fourth-order valence-corrected chi connectivity index (χ4v) is 2.20. The summed E-state index contributed by atoms with van der Waals surface area (Å²) in [6.07, 6.45) is 0. The van der Waals surface area contributed by atoms with Crippen LogP contribution in [0.1, 0.15) is 16.7 Å². The summed E-state index contributed by atoms with van der Waals surface area (Å²) in [5.41, 5.74) is 3.13. The minimum atomic E-state index is 0.422. The van der Waals surface area contributed by atoms with Crippen LogP contribution in [0.25, 0.3) is 0 Å². The van der Waals surface area contributed by atoms with Gasteiger partial charge in [0.25, 0.3) is 0 Å². The smallest absolute Gasteiger partial charge is 0.125 e. The van der Waals surface area contributed by atoms with Crippen LogP contribution >= 0.6 is 23.2 Å². The van der Waals surface area contributed by atoms with Crippen LogP contribution in [0.2, 0.25) is 10.0 Å². The van der Waals surface area contributed by atoms with Gasteiger partial charge in [0, 0.05) is 15.6 Å². The minimum Gasteiger partial charge on any atom is -0.488 e. The van der Waals surface area contributed by atoms with E-state index < -0.39 is 0 Å². The Hall–Kier alpha value is -1.18. The lowest BCUT2D eigenvalue weighted by molar-refractivity contribution is 0.302. The minimum absolute atomic E-state index is 0.422. The van der Waals surface area contributed by atoms with E-state index in [-0.39, 0.29) is 0 Å². The maximum absolute atomic E-state index is 6.10. The van der Waals surface area contributed by atoms with Gasteiger partial charge in [0.2, 0.25) is 0 Å². The molecule has 0 aromatic heterocycles. The van der Waals surface area contributed by atoms with E-state index in [1.54, 1.807) is 12.1 Å². The van der Waals surface area contributed by atoms with Gasteiger partial charge in [0.05, 0.1) is 0 Å². The summed E-state index contributed by atoms with van der Waals surface area (Å²) in [5.74, 6) is 0.911. The van der Waals surface area contributed by atoms with Crippen LogP contribution in [0.4, 0.5) is 0 Å². The Kier molecular flexibility index (Phi) is 4.15. The molecule has 0 aliphatic carbocycles. The van der Waals surface area contributed by atoms with Gasteiger partial charge in [-0.2, -0.15) is 0 Å². The van der Waals surface area contributed by atoms with Crippen molar-refractivity contribution < 1.29 is 4.74 Å². The molecule has 2 rings (SSSR count). The molecule has 0 bridgehead atoms. The molecule has 0 atom stereocenters. The first-order valence-electron chi connectivity index (χ1n) is 5.71. The lowest BCUT2D eigenvalue weighted by Crippen LogP contribution is -1.99. The van der Waals surface area contributed by atoms with E-state index in [1.165, 1.54) is 0 Å². The van der Waals surface area contributed by atoms with Crippen LogP contribution in [0.15, 0.2) is 36.4 Å². The molecule has 0 heterocycles. The topological polar surface area (TPSA) is 9.23 Å².